The zero-order valence-electron chi connectivity index (χ0n) is 10.1. The molecule has 0 fully saturated rings. The summed E-state index contributed by atoms with van der Waals surface area (Å²) < 4.78 is 7.22. The van der Waals surface area contributed by atoms with Crippen LogP contribution in [0.15, 0.2) is 18.2 Å². The highest BCUT2D eigenvalue weighted by molar-refractivity contribution is 7.71. The lowest BCUT2D eigenvalue weighted by Gasteiger charge is -2.13. The van der Waals surface area contributed by atoms with E-state index in [1.165, 1.54) is 0 Å². The fraction of sp³-hybridized carbons (Fsp3) is 0.333. The summed E-state index contributed by atoms with van der Waals surface area (Å²) in [4.78, 5) is 14.8. The number of nitrogens with zero attached hydrogens (tertiary/aromatic N) is 1. The Balaban J connectivity index is 2.54. The Hall–Kier alpha value is -1.33. The number of hydrogen-bond acceptors (Lipinski definition) is 3. The Morgan fingerprint density at radius 2 is 2.33 bits per heavy atom. The minimum Gasteiger partial charge on any atom is -0.464 e. The largest absolute Gasteiger partial charge is 0.464 e. The maximum absolute atomic E-state index is 11.8. The predicted octanol–water partition coefficient (Wildman–Crippen LogP) is 3.48. The number of hydrogen-bond donors (Lipinski definition) is 1. The van der Waals surface area contributed by atoms with E-state index < -0.39 is 6.04 Å². The average Bonchev–Trinajstić information content (AvgIpc) is 2.63. The van der Waals surface area contributed by atoms with Crippen LogP contribution in [0, 0.1) is 4.77 Å². The molecule has 1 N–H and O–H groups in total. The van der Waals surface area contributed by atoms with Gasteiger partial charge >= 0.3 is 5.97 Å². The lowest BCUT2D eigenvalue weighted by atomic mass is 10.3. The third-order valence-corrected chi connectivity index (χ3v) is 3.23. The standard InChI is InChI=1S/C12H13ClN2O2S/c1-3-17-11(16)7(2)15-10-5-4-8(13)6-9(10)14-12(15)18/h4-7H,3H2,1-2H3,(H,14,18). The smallest absolute Gasteiger partial charge is 0.328 e. The molecule has 2 aromatic rings. The van der Waals surface area contributed by atoms with E-state index in [1.807, 2.05) is 6.07 Å². The molecule has 1 atom stereocenters. The highest BCUT2D eigenvalue weighted by Gasteiger charge is 2.19. The minimum absolute atomic E-state index is 0.301. The van der Waals surface area contributed by atoms with E-state index in [0.29, 0.717) is 16.4 Å². The Labute approximate surface area is 115 Å². The van der Waals surface area contributed by atoms with Gasteiger partial charge in [-0.3, -0.25) is 0 Å². The average molecular weight is 285 g/mol. The lowest BCUT2D eigenvalue weighted by Crippen LogP contribution is -2.19. The highest BCUT2D eigenvalue weighted by atomic mass is 35.5. The van der Waals surface area contributed by atoms with Crippen molar-refractivity contribution in [1.29, 1.82) is 0 Å². The maximum Gasteiger partial charge on any atom is 0.328 e. The first-order chi connectivity index (χ1) is 8.54. The number of H-pyrrole nitrogens is 1. The number of imidazole rings is 1. The number of esters is 1. The number of halogens is 1. The molecule has 1 aromatic carbocycles. The van der Waals surface area contributed by atoms with Crippen molar-refractivity contribution in [2.75, 3.05) is 6.61 Å². The summed E-state index contributed by atoms with van der Waals surface area (Å²) in [6, 6.07) is 4.91. The van der Waals surface area contributed by atoms with Crippen molar-refractivity contribution in [3.05, 3.63) is 28.0 Å². The van der Waals surface area contributed by atoms with Gasteiger partial charge in [0.2, 0.25) is 0 Å². The zero-order valence-corrected chi connectivity index (χ0v) is 11.6. The predicted molar refractivity (Wildman–Crippen MR) is 73.5 cm³/mol. The molecule has 1 aromatic heterocycles. The first-order valence-corrected chi connectivity index (χ1v) is 6.39. The summed E-state index contributed by atoms with van der Waals surface area (Å²) in [5, 5.41) is 0.620. The van der Waals surface area contributed by atoms with Gasteiger partial charge in [0, 0.05) is 5.02 Å². The van der Waals surface area contributed by atoms with Crippen molar-refractivity contribution in [1.82, 2.24) is 9.55 Å². The molecule has 1 heterocycles. The van der Waals surface area contributed by atoms with Gasteiger partial charge < -0.3 is 14.3 Å². The number of carbonyl (C=O) groups is 1. The van der Waals surface area contributed by atoms with E-state index in [0.717, 1.165) is 11.0 Å². The topological polar surface area (TPSA) is 47.0 Å². The molecule has 0 saturated heterocycles. The van der Waals surface area contributed by atoms with Gasteiger partial charge in [-0.25, -0.2) is 4.79 Å². The SMILES string of the molecule is CCOC(=O)C(C)n1c(=S)[nH]c2cc(Cl)ccc21. The number of ether oxygens (including phenoxy) is 1. The molecule has 4 nitrogen and oxygen atoms in total. The van der Waals surface area contributed by atoms with Gasteiger partial charge in [-0.1, -0.05) is 11.6 Å². The molecular formula is C12H13ClN2O2S. The highest BCUT2D eigenvalue weighted by Crippen LogP contribution is 2.23. The van der Waals surface area contributed by atoms with Crippen LogP contribution in [0.1, 0.15) is 19.9 Å². The van der Waals surface area contributed by atoms with E-state index in [1.54, 1.807) is 30.5 Å². The molecule has 0 aliphatic rings. The minimum atomic E-state index is -0.465. The molecule has 0 spiro atoms. The maximum atomic E-state index is 11.8. The van der Waals surface area contributed by atoms with E-state index in [2.05, 4.69) is 4.98 Å². The number of carbonyl (C=O) groups excluding carboxylic acids is 1. The van der Waals surface area contributed by atoms with Crippen LogP contribution >= 0.6 is 23.8 Å². The van der Waals surface area contributed by atoms with Gasteiger partial charge in [0.1, 0.15) is 6.04 Å². The Kier molecular flexibility index (Phi) is 3.73. The molecule has 6 heteroatoms. The molecule has 2 rings (SSSR count). The van der Waals surface area contributed by atoms with Gasteiger partial charge in [-0.2, -0.15) is 0 Å². The van der Waals surface area contributed by atoms with Crippen molar-refractivity contribution in [3.63, 3.8) is 0 Å². The van der Waals surface area contributed by atoms with Gasteiger partial charge in [0.15, 0.2) is 4.77 Å². The lowest BCUT2D eigenvalue weighted by molar-refractivity contribution is -0.146. The van der Waals surface area contributed by atoms with Gasteiger partial charge in [0.25, 0.3) is 0 Å². The normalized spacial score (nSPS) is 12.6. The second-order valence-corrected chi connectivity index (χ2v) is 4.71. The molecule has 0 radical (unpaired) electrons. The molecule has 0 aliphatic carbocycles. The molecule has 0 aliphatic heterocycles. The number of nitrogens with one attached hydrogen (secondary N) is 1. The van der Waals surface area contributed by atoms with E-state index in [9.17, 15) is 4.79 Å². The van der Waals surface area contributed by atoms with Crippen LogP contribution in [0.5, 0.6) is 0 Å². The first kappa shape index (κ1) is 13.1. The number of rotatable bonds is 3. The molecule has 1 unspecified atom stereocenters. The summed E-state index contributed by atoms with van der Waals surface area (Å²) in [6.07, 6.45) is 0. The summed E-state index contributed by atoms with van der Waals surface area (Å²) in [5.41, 5.74) is 1.65. The van der Waals surface area contributed by atoms with Crippen molar-refractivity contribution in [3.8, 4) is 0 Å². The van der Waals surface area contributed by atoms with Crippen LogP contribution in [-0.2, 0) is 9.53 Å². The van der Waals surface area contributed by atoms with Gasteiger partial charge in [-0.15, -0.1) is 0 Å². The third kappa shape index (κ3) is 2.28. The van der Waals surface area contributed by atoms with Crippen LogP contribution in [0.25, 0.3) is 11.0 Å². The number of aromatic amines is 1. The second kappa shape index (κ2) is 5.12. The van der Waals surface area contributed by atoms with Crippen molar-refractivity contribution >= 4 is 40.8 Å². The Morgan fingerprint density at radius 3 is 3.00 bits per heavy atom. The summed E-state index contributed by atoms with van der Waals surface area (Å²) in [5.74, 6) is -0.301. The molecule has 18 heavy (non-hydrogen) atoms. The van der Waals surface area contributed by atoms with Crippen molar-refractivity contribution in [2.45, 2.75) is 19.9 Å². The van der Waals surface area contributed by atoms with Crippen LogP contribution < -0.4 is 0 Å². The van der Waals surface area contributed by atoms with Gasteiger partial charge in [-0.05, 0) is 44.3 Å². The molecular weight excluding hydrogens is 272 g/mol. The third-order valence-electron chi connectivity index (χ3n) is 2.69. The molecule has 0 amide bonds. The zero-order chi connectivity index (χ0) is 13.3. The summed E-state index contributed by atoms with van der Waals surface area (Å²) in [6.45, 7) is 3.89. The monoisotopic (exact) mass is 284 g/mol. The summed E-state index contributed by atoms with van der Waals surface area (Å²) >= 11 is 11.1. The van der Waals surface area contributed by atoms with Crippen LogP contribution in [0.4, 0.5) is 0 Å². The van der Waals surface area contributed by atoms with E-state index in [-0.39, 0.29) is 5.97 Å². The van der Waals surface area contributed by atoms with Crippen molar-refractivity contribution in [2.24, 2.45) is 0 Å². The molecule has 96 valence electrons. The molecule has 0 bridgehead atoms. The van der Waals surface area contributed by atoms with E-state index in [4.69, 9.17) is 28.6 Å². The van der Waals surface area contributed by atoms with Gasteiger partial charge in [0.05, 0.1) is 17.6 Å². The quantitative estimate of drug-likeness (QED) is 0.693. The Bertz CT molecular complexity index is 647. The fourth-order valence-electron chi connectivity index (χ4n) is 1.86. The van der Waals surface area contributed by atoms with Crippen LogP contribution in [-0.4, -0.2) is 22.1 Å². The van der Waals surface area contributed by atoms with Crippen LogP contribution in [0.3, 0.4) is 0 Å². The molecule has 0 saturated carbocycles. The number of fused-ring (bicyclic) bond motifs is 1. The Morgan fingerprint density at radius 1 is 1.61 bits per heavy atom. The van der Waals surface area contributed by atoms with Crippen LogP contribution in [0.2, 0.25) is 5.02 Å². The fourth-order valence-corrected chi connectivity index (χ4v) is 2.39. The summed E-state index contributed by atoms with van der Waals surface area (Å²) in [7, 11) is 0. The number of aromatic nitrogens is 2. The first-order valence-electron chi connectivity index (χ1n) is 5.61. The van der Waals surface area contributed by atoms with E-state index >= 15 is 0 Å². The van der Waals surface area contributed by atoms with Crippen molar-refractivity contribution < 1.29 is 9.53 Å². The second-order valence-electron chi connectivity index (χ2n) is 3.89. The number of benzene rings is 1.